The number of aromatic nitrogens is 2. The Labute approximate surface area is 88.8 Å². The van der Waals surface area contributed by atoms with E-state index in [2.05, 4.69) is 9.97 Å². The second kappa shape index (κ2) is 3.70. The maximum absolute atomic E-state index is 10.6. The molecule has 1 N–H and O–H groups in total. The number of carboxylic acid groups (broad SMARTS) is 1. The molecule has 15 heavy (non-hydrogen) atoms. The van der Waals surface area contributed by atoms with E-state index in [1.807, 2.05) is 0 Å². The summed E-state index contributed by atoms with van der Waals surface area (Å²) in [5.74, 6) is -0.987. The number of anilines is 2. The van der Waals surface area contributed by atoms with Gasteiger partial charge in [0, 0.05) is 7.05 Å². The third kappa shape index (κ3) is 1.82. The van der Waals surface area contributed by atoms with E-state index in [0.717, 1.165) is 11.3 Å². The second-order valence-corrected chi connectivity index (χ2v) is 3.70. The highest BCUT2D eigenvalue weighted by molar-refractivity contribution is 7.17. The number of rotatable bonds is 3. The third-order valence-corrected chi connectivity index (χ3v) is 2.76. The Morgan fingerprint density at radius 2 is 2.40 bits per heavy atom. The number of nitrogens with zero attached hydrogens (tertiary/aromatic N) is 3. The molecule has 0 unspecified atom stereocenters. The topological polar surface area (TPSA) is 79.5 Å². The van der Waals surface area contributed by atoms with Crippen LogP contribution in [0.3, 0.4) is 0 Å². The quantitative estimate of drug-likeness (QED) is 0.854. The van der Waals surface area contributed by atoms with E-state index in [4.69, 9.17) is 9.52 Å². The van der Waals surface area contributed by atoms with Gasteiger partial charge in [0.05, 0.1) is 12.4 Å². The van der Waals surface area contributed by atoms with Crippen LogP contribution in [0.2, 0.25) is 0 Å². The average molecular weight is 225 g/mol. The molecule has 0 aliphatic rings. The summed E-state index contributed by atoms with van der Waals surface area (Å²) in [5.41, 5.74) is 0. The van der Waals surface area contributed by atoms with Gasteiger partial charge in [0.2, 0.25) is 0 Å². The Bertz CT molecular complexity index is 465. The third-order valence-electron chi connectivity index (χ3n) is 1.70. The summed E-state index contributed by atoms with van der Waals surface area (Å²) in [6, 6.07) is 0.376. The van der Waals surface area contributed by atoms with E-state index in [9.17, 15) is 4.79 Å². The van der Waals surface area contributed by atoms with Crippen molar-refractivity contribution in [2.24, 2.45) is 0 Å². The largest absolute Gasteiger partial charge is 0.477 e. The maximum Gasteiger partial charge on any atom is 0.347 e. The minimum atomic E-state index is -0.987. The lowest BCUT2D eigenvalue weighted by atomic mass is 10.6. The van der Waals surface area contributed by atoms with Crippen LogP contribution in [0.25, 0.3) is 0 Å². The van der Waals surface area contributed by atoms with Crippen LogP contribution in [0.4, 0.5) is 11.1 Å². The monoisotopic (exact) mass is 225 g/mol. The Kier molecular flexibility index (Phi) is 2.38. The van der Waals surface area contributed by atoms with Gasteiger partial charge < -0.3 is 9.52 Å². The van der Waals surface area contributed by atoms with Crippen LogP contribution >= 0.6 is 11.3 Å². The lowest BCUT2D eigenvalue weighted by molar-refractivity contribution is 0.0702. The van der Waals surface area contributed by atoms with Gasteiger partial charge in [0.1, 0.15) is 11.1 Å². The fraction of sp³-hybridized carbons (Fsp3) is 0.125. The van der Waals surface area contributed by atoms with Crippen molar-refractivity contribution in [3.8, 4) is 0 Å². The van der Waals surface area contributed by atoms with Gasteiger partial charge in [-0.2, -0.15) is 0 Å². The van der Waals surface area contributed by atoms with E-state index >= 15 is 0 Å². The zero-order valence-electron chi connectivity index (χ0n) is 7.75. The highest BCUT2D eigenvalue weighted by Crippen LogP contribution is 2.26. The second-order valence-electron chi connectivity index (χ2n) is 2.69. The van der Waals surface area contributed by atoms with Gasteiger partial charge >= 0.3 is 12.0 Å². The standard InChI is InChI=1S/C8H7N3O3S/c1-11(7-9-2-3-14-7)8-10-4-5(15-8)6(12)13/h2-4H,1H3,(H,12,13). The predicted octanol–water partition coefficient (Wildman–Crippen LogP) is 1.60. The number of carbonyl (C=O) groups is 1. The molecular weight excluding hydrogens is 218 g/mol. The van der Waals surface area contributed by atoms with Crippen LogP contribution in [0, 0.1) is 0 Å². The Morgan fingerprint density at radius 3 is 2.93 bits per heavy atom. The minimum Gasteiger partial charge on any atom is -0.477 e. The van der Waals surface area contributed by atoms with Crippen molar-refractivity contribution >= 4 is 28.5 Å². The van der Waals surface area contributed by atoms with Gasteiger partial charge in [-0.05, 0) is 0 Å². The fourth-order valence-electron chi connectivity index (χ4n) is 0.982. The van der Waals surface area contributed by atoms with Gasteiger partial charge in [-0.3, -0.25) is 4.90 Å². The van der Waals surface area contributed by atoms with Crippen LogP contribution in [0.1, 0.15) is 9.67 Å². The summed E-state index contributed by atoms with van der Waals surface area (Å²) < 4.78 is 5.05. The van der Waals surface area contributed by atoms with E-state index in [1.54, 1.807) is 11.9 Å². The molecule has 0 aromatic carbocycles. The van der Waals surface area contributed by atoms with Gasteiger partial charge in [-0.1, -0.05) is 11.3 Å². The molecule has 7 heteroatoms. The van der Waals surface area contributed by atoms with Gasteiger partial charge in [0.25, 0.3) is 0 Å². The molecule has 0 spiro atoms. The summed E-state index contributed by atoms with van der Waals surface area (Å²) in [4.78, 5) is 20.3. The summed E-state index contributed by atoms with van der Waals surface area (Å²) in [7, 11) is 1.70. The molecule has 2 aromatic rings. The van der Waals surface area contributed by atoms with Crippen LogP contribution < -0.4 is 4.90 Å². The number of hydrogen-bond acceptors (Lipinski definition) is 6. The first-order valence-electron chi connectivity index (χ1n) is 4.01. The van der Waals surface area contributed by atoms with Crippen molar-refractivity contribution < 1.29 is 14.3 Å². The zero-order valence-corrected chi connectivity index (χ0v) is 8.56. The number of hydrogen-bond donors (Lipinski definition) is 1. The Balaban J connectivity index is 2.26. The molecule has 0 aliphatic carbocycles. The zero-order chi connectivity index (χ0) is 10.8. The molecular formula is C8H7N3O3S. The molecule has 0 radical (unpaired) electrons. The van der Waals surface area contributed by atoms with Crippen LogP contribution in [-0.2, 0) is 0 Å². The number of aromatic carboxylic acids is 1. The molecule has 6 nitrogen and oxygen atoms in total. The van der Waals surface area contributed by atoms with Gasteiger partial charge in [-0.25, -0.2) is 14.8 Å². The van der Waals surface area contributed by atoms with Crippen molar-refractivity contribution in [2.45, 2.75) is 0 Å². The molecule has 0 amide bonds. The number of thiazole rings is 1. The van der Waals surface area contributed by atoms with Crippen molar-refractivity contribution in [1.29, 1.82) is 0 Å². The molecule has 0 bridgehead atoms. The lowest BCUT2D eigenvalue weighted by Crippen LogP contribution is -2.08. The maximum atomic E-state index is 10.6. The molecule has 2 aromatic heterocycles. The van der Waals surface area contributed by atoms with Crippen LogP contribution in [0.15, 0.2) is 23.1 Å². The highest BCUT2D eigenvalue weighted by Gasteiger charge is 2.14. The van der Waals surface area contributed by atoms with Crippen molar-refractivity contribution in [3.63, 3.8) is 0 Å². The molecule has 0 fully saturated rings. The van der Waals surface area contributed by atoms with E-state index in [-0.39, 0.29) is 4.88 Å². The molecule has 0 saturated heterocycles. The molecule has 0 aliphatic heterocycles. The van der Waals surface area contributed by atoms with E-state index < -0.39 is 5.97 Å². The smallest absolute Gasteiger partial charge is 0.347 e. The highest BCUT2D eigenvalue weighted by atomic mass is 32.1. The number of oxazole rings is 1. The van der Waals surface area contributed by atoms with Crippen molar-refractivity contribution in [1.82, 2.24) is 9.97 Å². The van der Waals surface area contributed by atoms with E-state index in [1.165, 1.54) is 18.7 Å². The molecule has 0 atom stereocenters. The molecule has 0 saturated carbocycles. The van der Waals surface area contributed by atoms with Crippen molar-refractivity contribution in [3.05, 3.63) is 23.5 Å². The predicted molar refractivity (Wildman–Crippen MR) is 53.6 cm³/mol. The molecule has 2 rings (SSSR count). The molecule has 78 valence electrons. The van der Waals surface area contributed by atoms with Crippen LogP contribution in [-0.4, -0.2) is 28.1 Å². The number of carboxylic acids is 1. The average Bonchev–Trinajstić information content (AvgIpc) is 2.88. The summed E-state index contributed by atoms with van der Waals surface area (Å²) in [6.07, 6.45) is 4.26. The summed E-state index contributed by atoms with van der Waals surface area (Å²) in [5, 5.41) is 9.25. The normalized spacial score (nSPS) is 10.2. The Morgan fingerprint density at radius 1 is 1.60 bits per heavy atom. The molecule has 2 heterocycles. The fourth-order valence-corrected chi connectivity index (χ4v) is 1.69. The summed E-state index contributed by atoms with van der Waals surface area (Å²) in [6.45, 7) is 0. The van der Waals surface area contributed by atoms with Crippen LogP contribution in [0.5, 0.6) is 0 Å². The summed E-state index contributed by atoms with van der Waals surface area (Å²) >= 11 is 1.06. The first-order chi connectivity index (χ1) is 7.18. The minimum absolute atomic E-state index is 0.184. The Hall–Kier alpha value is -1.89. The van der Waals surface area contributed by atoms with E-state index in [0.29, 0.717) is 11.1 Å². The lowest BCUT2D eigenvalue weighted by Gasteiger charge is -2.08. The van der Waals surface area contributed by atoms with Gasteiger partial charge in [-0.15, -0.1) is 0 Å². The first-order valence-corrected chi connectivity index (χ1v) is 4.82. The first kappa shape index (κ1) is 9.66. The SMILES string of the molecule is CN(c1ncco1)c1ncc(C(=O)O)s1. The van der Waals surface area contributed by atoms with Crippen molar-refractivity contribution in [2.75, 3.05) is 11.9 Å². The van der Waals surface area contributed by atoms with Gasteiger partial charge in [0.15, 0.2) is 5.13 Å².